The molecule has 0 aromatic heterocycles. The third-order valence-electron chi connectivity index (χ3n) is 2.71. The molecule has 2 aromatic carbocycles. The second-order valence-electron chi connectivity index (χ2n) is 4.32. The second-order valence-corrected chi connectivity index (χ2v) is 4.32. The fourth-order valence-electron chi connectivity index (χ4n) is 1.85. The Labute approximate surface area is 119 Å². The third kappa shape index (κ3) is 4.07. The van der Waals surface area contributed by atoms with Crippen molar-refractivity contribution in [2.45, 2.75) is 6.92 Å². The number of rotatable bonds is 5. The first-order valence-electron chi connectivity index (χ1n) is 6.46. The first kappa shape index (κ1) is 14.0. The van der Waals surface area contributed by atoms with Gasteiger partial charge in [-0.25, -0.2) is 0 Å². The van der Waals surface area contributed by atoms with Gasteiger partial charge in [0.15, 0.2) is 0 Å². The van der Waals surface area contributed by atoms with Crippen LogP contribution in [0.3, 0.4) is 0 Å². The van der Waals surface area contributed by atoms with Gasteiger partial charge < -0.3 is 0 Å². The van der Waals surface area contributed by atoms with Crippen molar-refractivity contribution in [3.8, 4) is 0 Å². The Morgan fingerprint density at radius 2 is 1.60 bits per heavy atom. The molecule has 0 saturated heterocycles. The van der Waals surface area contributed by atoms with E-state index in [2.05, 4.69) is 10.5 Å². The lowest BCUT2D eigenvalue weighted by Gasteiger charge is -2.09. The molecule has 0 saturated carbocycles. The van der Waals surface area contributed by atoms with E-state index >= 15 is 0 Å². The molecule has 0 heterocycles. The van der Waals surface area contributed by atoms with Crippen molar-refractivity contribution < 1.29 is 4.84 Å². The summed E-state index contributed by atoms with van der Waals surface area (Å²) in [6.07, 6.45) is 1.96. The Kier molecular flexibility index (Phi) is 5.09. The summed E-state index contributed by atoms with van der Waals surface area (Å²) in [7, 11) is 1.60. The van der Waals surface area contributed by atoms with Gasteiger partial charge in [0.2, 0.25) is 0 Å². The topological polar surface area (TPSA) is 33.6 Å². The number of para-hydroxylation sites is 1. The lowest BCUT2D eigenvalue weighted by molar-refractivity contribution is 0.136. The summed E-state index contributed by atoms with van der Waals surface area (Å²) in [6, 6.07) is 19.9. The lowest BCUT2D eigenvalue weighted by Crippen LogP contribution is -2.11. The number of benzene rings is 2. The number of hydrogen-bond acceptors (Lipinski definition) is 3. The van der Waals surface area contributed by atoms with Gasteiger partial charge in [0.1, 0.15) is 0 Å². The van der Waals surface area contributed by atoms with Gasteiger partial charge in [-0.1, -0.05) is 48.5 Å². The highest BCUT2D eigenvalue weighted by Gasteiger charge is 2.00. The molecule has 102 valence electrons. The normalized spacial score (nSPS) is 12.3. The molecule has 2 aromatic rings. The predicted octanol–water partition coefficient (Wildman–Crippen LogP) is 3.97. The van der Waals surface area contributed by atoms with Crippen LogP contribution < -0.4 is 5.48 Å². The Morgan fingerprint density at radius 1 is 1.00 bits per heavy atom. The molecule has 3 heteroatoms. The third-order valence-corrected chi connectivity index (χ3v) is 2.71. The molecule has 1 N–H and O–H groups in total. The predicted molar refractivity (Wildman–Crippen MR) is 83.8 cm³/mol. The van der Waals surface area contributed by atoms with Gasteiger partial charge >= 0.3 is 0 Å². The van der Waals surface area contributed by atoms with E-state index in [1.165, 1.54) is 0 Å². The van der Waals surface area contributed by atoms with Crippen molar-refractivity contribution in [1.82, 2.24) is 5.48 Å². The molecule has 0 amide bonds. The molecular formula is C17H18N2O. The van der Waals surface area contributed by atoms with Gasteiger partial charge in [0.25, 0.3) is 0 Å². The molecule has 0 aliphatic rings. The summed E-state index contributed by atoms with van der Waals surface area (Å²) in [6.45, 7) is 1.97. The van der Waals surface area contributed by atoms with Crippen molar-refractivity contribution in [2.75, 3.05) is 7.11 Å². The highest BCUT2D eigenvalue weighted by atomic mass is 16.6. The van der Waals surface area contributed by atoms with Gasteiger partial charge in [-0.2, -0.15) is 0 Å². The van der Waals surface area contributed by atoms with Crippen LogP contribution in [-0.4, -0.2) is 12.8 Å². The summed E-state index contributed by atoms with van der Waals surface area (Å²) in [5.41, 5.74) is 6.67. The average molecular weight is 266 g/mol. The van der Waals surface area contributed by atoms with E-state index in [0.717, 1.165) is 22.7 Å². The van der Waals surface area contributed by atoms with E-state index in [1.807, 2.05) is 73.7 Å². The molecule has 20 heavy (non-hydrogen) atoms. The maximum atomic E-state index is 5.04. The zero-order chi connectivity index (χ0) is 14.2. The minimum absolute atomic E-state index is 0.880. The first-order valence-corrected chi connectivity index (χ1v) is 6.46. The molecular weight excluding hydrogens is 248 g/mol. The van der Waals surface area contributed by atoms with Crippen molar-refractivity contribution in [3.63, 3.8) is 0 Å². The number of allylic oxidation sites excluding steroid dienone is 1. The van der Waals surface area contributed by atoms with Crippen molar-refractivity contribution in [1.29, 1.82) is 0 Å². The number of nitrogens with zero attached hydrogens (tertiary/aromatic N) is 1. The van der Waals surface area contributed by atoms with Gasteiger partial charge in [0, 0.05) is 5.71 Å². The highest BCUT2D eigenvalue weighted by molar-refractivity contribution is 6.00. The molecule has 0 unspecified atom stereocenters. The Morgan fingerprint density at radius 3 is 2.20 bits per heavy atom. The summed E-state index contributed by atoms with van der Waals surface area (Å²) in [4.78, 5) is 9.59. The number of nitrogens with one attached hydrogen (secondary N) is 1. The maximum absolute atomic E-state index is 5.04. The fourth-order valence-corrected chi connectivity index (χ4v) is 1.85. The van der Waals surface area contributed by atoms with Crippen LogP contribution in [-0.2, 0) is 4.84 Å². The Balaban J connectivity index is 2.27. The fraction of sp³-hybridized carbons (Fsp3) is 0.118. The van der Waals surface area contributed by atoms with Crippen LogP contribution >= 0.6 is 0 Å². The van der Waals surface area contributed by atoms with E-state index in [4.69, 9.17) is 4.84 Å². The minimum Gasteiger partial charge on any atom is -0.279 e. The van der Waals surface area contributed by atoms with E-state index < -0.39 is 0 Å². The van der Waals surface area contributed by atoms with Gasteiger partial charge in [-0.05, 0) is 30.7 Å². The van der Waals surface area contributed by atoms with Crippen LogP contribution in [0.2, 0.25) is 0 Å². The summed E-state index contributed by atoms with van der Waals surface area (Å²) >= 11 is 0. The number of hydrogen-bond donors (Lipinski definition) is 1. The lowest BCUT2D eigenvalue weighted by atomic mass is 10.1. The average Bonchev–Trinajstić information content (AvgIpc) is 2.49. The van der Waals surface area contributed by atoms with Gasteiger partial charge in [0.05, 0.1) is 18.5 Å². The van der Waals surface area contributed by atoms with Crippen molar-refractivity contribution in [3.05, 3.63) is 72.3 Å². The van der Waals surface area contributed by atoms with Crippen LogP contribution in [0.25, 0.3) is 5.70 Å². The number of hydroxylamine groups is 1. The SMILES string of the molecule is CON/C(=C\C(C)=Nc1ccccc1)c1ccccc1. The largest absolute Gasteiger partial charge is 0.279 e. The zero-order valence-electron chi connectivity index (χ0n) is 11.7. The van der Waals surface area contributed by atoms with E-state index in [-0.39, 0.29) is 0 Å². The van der Waals surface area contributed by atoms with Gasteiger partial charge in [-0.3, -0.25) is 15.3 Å². The van der Waals surface area contributed by atoms with Crippen LogP contribution in [0.5, 0.6) is 0 Å². The maximum Gasteiger partial charge on any atom is 0.0694 e. The van der Waals surface area contributed by atoms with E-state index in [1.54, 1.807) is 7.11 Å². The standard InChI is InChI=1S/C17H18N2O/c1-14(18-16-11-7-4-8-12-16)13-17(19-20-2)15-9-5-3-6-10-15/h3-13,19H,1-2H3/b17-13-,18-14?. The summed E-state index contributed by atoms with van der Waals surface area (Å²) in [5, 5.41) is 0. The van der Waals surface area contributed by atoms with Crippen molar-refractivity contribution >= 4 is 17.1 Å². The van der Waals surface area contributed by atoms with Crippen molar-refractivity contribution in [2.24, 2.45) is 4.99 Å². The molecule has 0 fully saturated rings. The highest BCUT2D eigenvalue weighted by Crippen LogP contribution is 2.14. The summed E-state index contributed by atoms with van der Waals surface area (Å²) < 4.78 is 0. The molecule has 3 nitrogen and oxygen atoms in total. The second kappa shape index (κ2) is 7.26. The molecule has 0 bridgehead atoms. The molecule has 2 rings (SSSR count). The molecule has 0 radical (unpaired) electrons. The number of aliphatic imine (C=N–C) groups is 1. The van der Waals surface area contributed by atoms with Gasteiger partial charge in [-0.15, -0.1) is 0 Å². The molecule has 0 aliphatic heterocycles. The van der Waals surface area contributed by atoms with Crippen LogP contribution in [0, 0.1) is 0 Å². The van der Waals surface area contributed by atoms with E-state index in [9.17, 15) is 0 Å². The Bertz CT molecular complexity index is 589. The van der Waals surface area contributed by atoms with Crippen LogP contribution in [0.1, 0.15) is 12.5 Å². The molecule has 0 aliphatic carbocycles. The monoisotopic (exact) mass is 266 g/mol. The zero-order valence-corrected chi connectivity index (χ0v) is 11.7. The molecule has 0 spiro atoms. The molecule has 0 atom stereocenters. The van der Waals surface area contributed by atoms with Crippen LogP contribution in [0.15, 0.2) is 71.7 Å². The quantitative estimate of drug-likeness (QED) is 0.656. The summed E-state index contributed by atoms with van der Waals surface area (Å²) in [5.74, 6) is 0. The first-order chi connectivity index (χ1) is 9.79. The van der Waals surface area contributed by atoms with E-state index in [0.29, 0.717) is 0 Å². The smallest absolute Gasteiger partial charge is 0.0694 e. The minimum atomic E-state index is 0.880. The van der Waals surface area contributed by atoms with Crippen LogP contribution in [0.4, 0.5) is 5.69 Å². The Hall–Kier alpha value is -2.39.